The number of aliphatic hydroxyl groups excluding tert-OH is 1. The van der Waals surface area contributed by atoms with Crippen LogP contribution in [-0.4, -0.2) is 37.9 Å². The number of nitrogens with zero attached hydrogens (tertiary/aromatic N) is 3. The monoisotopic (exact) mass is 364 g/mol. The minimum atomic E-state index is -0.538. The second-order valence-corrected chi connectivity index (χ2v) is 7.43. The average Bonchev–Trinajstić information content (AvgIpc) is 3.26. The Morgan fingerprint density at radius 2 is 2.07 bits per heavy atom. The summed E-state index contributed by atoms with van der Waals surface area (Å²) in [6.07, 6.45) is 4.55. The predicted molar refractivity (Wildman–Crippen MR) is 103 cm³/mol. The molecule has 6 nitrogen and oxygen atoms in total. The Morgan fingerprint density at radius 1 is 1.26 bits per heavy atom. The molecule has 1 amide bonds. The van der Waals surface area contributed by atoms with Gasteiger partial charge in [0.05, 0.1) is 23.2 Å². The smallest absolute Gasteiger partial charge is 0.252 e. The highest BCUT2D eigenvalue weighted by atomic mass is 16.3. The number of pyridine rings is 1. The molecule has 0 spiro atoms. The first-order valence-corrected chi connectivity index (χ1v) is 9.35. The summed E-state index contributed by atoms with van der Waals surface area (Å²) in [4.78, 5) is 17.7. The van der Waals surface area contributed by atoms with Crippen LogP contribution in [-0.2, 0) is 6.54 Å². The Balaban J connectivity index is 1.54. The summed E-state index contributed by atoms with van der Waals surface area (Å²) in [5.41, 5.74) is 3.20. The van der Waals surface area contributed by atoms with Gasteiger partial charge in [0.25, 0.3) is 5.91 Å². The standard InChI is InChI=1S/C21H24N4O2/c1-13-14(2)23-17-7-4-3-6-16(17)20(13)21(27)24-18-10-15(11-19(18)26)12-25-9-5-8-22-25/h3-9,15,18-19,26H,10-12H2,1-2H3,(H,24,27)/t15?,18-,19-/m1/s1. The third-order valence-corrected chi connectivity index (χ3v) is 5.55. The molecular weight excluding hydrogens is 340 g/mol. The molecule has 3 atom stereocenters. The fraction of sp³-hybridized carbons (Fsp3) is 0.381. The number of carbonyl (C=O) groups excluding carboxylic acids is 1. The molecule has 4 rings (SSSR count). The minimum absolute atomic E-state index is 0.141. The van der Waals surface area contributed by atoms with E-state index in [4.69, 9.17) is 0 Å². The van der Waals surface area contributed by atoms with Crippen molar-refractivity contribution in [2.45, 2.75) is 45.4 Å². The number of aliphatic hydroxyl groups is 1. The van der Waals surface area contributed by atoms with Crippen LogP contribution in [0.15, 0.2) is 42.7 Å². The maximum Gasteiger partial charge on any atom is 0.252 e. The molecule has 1 aromatic carbocycles. The average molecular weight is 364 g/mol. The van der Waals surface area contributed by atoms with E-state index in [0.29, 0.717) is 17.9 Å². The molecule has 6 heteroatoms. The number of fused-ring (bicyclic) bond motifs is 1. The maximum absolute atomic E-state index is 13.1. The SMILES string of the molecule is Cc1nc2ccccc2c(C(=O)N[C@@H]2CC(Cn3cccn3)C[C@H]2O)c1C. The van der Waals surface area contributed by atoms with Gasteiger partial charge in [-0.1, -0.05) is 18.2 Å². The molecule has 3 aromatic rings. The molecule has 27 heavy (non-hydrogen) atoms. The fourth-order valence-electron chi connectivity index (χ4n) is 4.06. The lowest BCUT2D eigenvalue weighted by Gasteiger charge is -2.19. The lowest BCUT2D eigenvalue weighted by molar-refractivity contribution is 0.0873. The predicted octanol–water partition coefficient (Wildman–Crippen LogP) is 2.62. The lowest BCUT2D eigenvalue weighted by atomic mass is 10.0. The van der Waals surface area contributed by atoms with Crippen molar-refractivity contribution in [3.8, 4) is 0 Å². The van der Waals surface area contributed by atoms with Gasteiger partial charge in [0, 0.05) is 30.0 Å². The van der Waals surface area contributed by atoms with Gasteiger partial charge in [-0.05, 0) is 50.3 Å². The van der Waals surface area contributed by atoms with Crippen molar-refractivity contribution in [1.29, 1.82) is 0 Å². The summed E-state index contributed by atoms with van der Waals surface area (Å²) in [7, 11) is 0. The molecule has 1 fully saturated rings. The first kappa shape index (κ1) is 17.7. The van der Waals surface area contributed by atoms with Crippen LogP contribution < -0.4 is 5.32 Å². The third-order valence-electron chi connectivity index (χ3n) is 5.55. The fourth-order valence-corrected chi connectivity index (χ4v) is 4.06. The van der Waals surface area contributed by atoms with E-state index in [0.717, 1.165) is 35.1 Å². The van der Waals surface area contributed by atoms with Gasteiger partial charge < -0.3 is 10.4 Å². The maximum atomic E-state index is 13.1. The van der Waals surface area contributed by atoms with Gasteiger partial charge >= 0.3 is 0 Å². The molecular formula is C21H24N4O2. The second-order valence-electron chi connectivity index (χ2n) is 7.43. The van der Waals surface area contributed by atoms with Crippen molar-refractivity contribution >= 4 is 16.8 Å². The molecule has 0 bridgehead atoms. The number of benzene rings is 1. The largest absolute Gasteiger partial charge is 0.391 e. The summed E-state index contributed by atoms with van der Waals surface area (Å²) >= 11 is 0. The van der Waals surface area contributed by atoms with Crippen molar-refractivity contribution in [1.82, 2.24) is 20.1 Å². The first-order chi connectivity index (χ1) is 13.0. The van der Waals surface area contributed by atoms with Crippen molar-refractivity contribution in [3.05, 3.63) is 59.5 Å². The normalized spacial score (nSPS) is 22.3. The van der Waals surface area contributed by atoms with E-state index >= 15 is 0 Å². The number of hydrogen-bond acceptors (Lipinski definition) is 4. The zero-order chi connectivity index (χ0) is 19.0. The number of amides is 1. The summed E-state index contributed by atoms with van der Waals surface area (Å²) < 4.78 is 1.88. The van der Waals surface area contributed by atoms with E-state index in [1.807, 2.05) is 55.1 Å². The third kappa shape index (κ3) is 3.45. The van der Waals surface area contributed by atoms with Gasteiger partial charge in [-0.2, -0.15) is 5.10 Å². The summed E-state index contributed by atoms with van der Waals surface area (Å²) in [6, 6.07) is 9.33. The molecule has 1 unspecified atom stereocenters. The lowest BCUT2D eigenvalue weighted by Crippen LogP contribution is -2.40. The highest BCUT2D eigenvalue weighted by Crippen LogP contribution is 2.29. The summed E-state index contributed by atoms with van der Waals surface area (Å²) in [6.45, 7) is 4.60. The molecule has 1 saturated carbocycles. The first-order valence-electron chi connectivity index (χ1n) is 9.35. The van der Waals surface area contributed by atoms with Crippen LogP contribution in [0.25, 0.3) is 10.9 Å². The highest BCUT2D eigenvalue weighted by Gasteiger charge is 2.34. The molecule has 140 valence electrons. The quantitative estimate of drug-likeness (QED) is 0.746. The Kier molecular flexibility index (Phi) is 4.66. The van der Waals surface area contributed by atoms with Gasteiger partial charge in [-0.15, -0.1) is 0 Å². The van der Waals surface area contributed by atoms with Crippen LogP contribution >= 0.6 is 0 Å². The number of aryl methyl sites for hydroxylation is 1. The Labute approximate surface area is 158 Å². The molecule has 2 N–H and O–H groups in total. The van der Waals surface area contributed by atoms with E-state index in [1.165, 1.54) is 0 Å². The zero-order valence-corrected chi connectivity index (χ0v) is 15.6. The molecule has 1 aliphatic rings. The van der Waals surface area contributed by atoms with E-state index in [-0.39, 0.29) is 11.9 Å². The molecule has 2 heterocycles. The van der Waals surface area contributed by atoms with Crippen LogP contribution in [0.2, 0.25) is 0 Å². The van der Waals surface area contributed by atoms with Crippen molar-refractivity contribution in [2.75, 3.05) is 0 Å². The van der Waals surface area contributed by atoms with Gasteiger partial charge in [0.2, 0.25) is 0 Å². The number of aromatic nitrogens is 3. The number of rotatable bonds is 4. The highest BCUT2D eigenvalue weighted by molar-refractivity contribution is 6.07. The number of hydrogen-bond donors (Lipinski definition) is 2. The topological polar surface area (TPSA) is 80.0 Å². The van der Waals surface area contributed by atoms with E-state index in [9.17, 15) is 9.90 Å². The van der Waals surface area contributed by atoms with Gasteiger partial charge in [0.15, 0.2) is 0 Å². The van der Waals surface area contributed by atoms with Crippen LogP contribution in [0.4, 0.5) is 0 Å². The van der Waals surface area contributed by atoms with Gasteiger partial charge in [-0.3, -0.25) is 14.5 Å². The Morgan fingerprint density at radius 3 is 2.85 bits per heavy atom. The molecule has 0 saturated heterocycles. The number of carbonyl (C=O) groups is 1. The van der Waals surface area contributed by atoms with Crippen molar-refractivity contribution < 1.29 is 9.90 Å². The van der Waals surface area contributed by atoms with E-state index in [1.54, 1.807) is 6.20 Å². The Hall–Kier alpha value is -2.73. The Bertz CT molecular complexity index is 968. The van der Waals surface area contributed by atoms with Crippen molar-refractivity contribution in [3.63, 3.8) is 0 Å². The van der Waals surface area contributed by atoms with Crippen molar-refractivity contribution in [2.24, 2.45) is 5.92 Å². The van der Waals surface area contributed by atoms with Gasteiger partial charge in [0.1, 0.15) is 0 Å². The molecule has 0 radical (unpaired) electrons. The summed E-state index contributed by atoms with van der Waals surface area (Å²) in [5, 5.41) is 18.6. The second kappa shape index (κ2) is 7.12. The number of para-hydroxylation sites is 1. The molecule has 2 aromatic heterocycles. The molecule has 0 aliphatic heterocycles. The van der Waals surface area contributed by atoms with Gasteiger partial charge in [-0.25, -0.2) is 0 Å². The van der Waals surface area contributed by atoms with E-state index < -0.39 is 6.10 Å². The number of nitrogens with one attached hydrogen (secondary N) is 1. The van der Waals surface area contributed by atoms with Crippen LogP contribution in [0, 0.1) is 19.8 Å². The van der Waals surface area contributed by atoms with Crippen LogP contribution in [0.5, 0.6) is 0 Å². The molecule has 1 aliphatic carbocycles. The minimum Gasteiger partial charge on any atom is -0.391 e. The van der Waals surface area contributed by atoms with Crippen LogP contribution in [0.3, 0.4) is 0 Å². The van der Waals surface area contributed by atoms with Crippen LogP contribution in [0.1, 0.15) is 34.5 Å². The summed E-state index contributed by atoms with van der Waals surface area (Å²) in [5.74, 6) is 0.153. The zero-order valence-electron chi connectivity index (χ0n) is 15.6. The van der Waals surface area contributed by atoms with E-state index in [2.05, 4.69) is 15.4 Å².